The van der Waals surface area contributed by atoms with E-state index in [-0.39, 0.29) is 11.8 Å². The van der Waals surface area contributed by atoms with Crippen molar-refractivity contribution in [2.45, 2.75) is 12.8 Å². The molecule has 1 aliphatic rings. The van der Waals surface area contributed by atoms with E-state index in [1.807, 2.05) is 12.1 Å². The number of rotatable bonds is 3. The van der Waals surface area contributed by atoms with Crippen LogP contribution in [0, 0.1) is 5.92 Å². The van der Waals surface area contributed by atoms with Crippen LogP contribution in [0.2, 0.25) is 5.02 Å². The summed E-state index contributed by atoms with van der Waals surface area (Å²) in [6.07, 6.45) is 2.82. The number of hydrogen-bond donors (Lipinski definition) is 2. The summed E-state index contributed by atoms with van der Waals surface area (Å²) in [6.45, 7) is 0.630. The maximum Gasteiger partial charge on any atom is 0.252 e. The Morgan fingerprint density at radius 1 is 1.47 bits per heavy atom. The molecular formula is C13H14ClN3O2. The summed E-state index contributed by atoms with van der Waals surface area (Å²) in [5.41, 5.74) is 3.08. The van der Waals surface area contributed by atoms with Crippen LogP contribution in [0.1, 0.15) is 18.4 Å². The molecule has 1 fully saturated rings. The molecule has 0 aliphatic carbocycles. The Hall–Kier alpha value is -1.88. The van der Waals surface area contributed by atoms with E-state index in [1.165, 1.54) is 6.21 Å². The van der Waals surface area contributed by atoms with Crippen LogP contribution in [0.3, 0.4) is 0 Å². The second-order valence-corrected chi connectivity index (χ2v) is 4.65. The summed E-state index contributed by atoms with van der Waals surface area (Å²) in [7, 11) is 0. The fourth-order valence-corrected chi connectivity index (χ4v) is 2.03. The van der Waals surface area contributed by atoms with Gasteiger partial charge in [-0.3, -0.25) is 9.59 Å². The molecule has 0 spiro atoms. The lowest BCUT2D eigenvalue weighted by Gasteiger charge is -2.19. The van der Waals surface area contributed by atoms with Gasteiger partial charge in [-0.15, -0.1) is 0 Å². The van der Waals surface area contributed by atoms with Gasteiger partial charge in [0.25, 0.3) is 5.91 Å². The largest absolute Gasteiger partial charge is 0.355 e. The highest BCUT2D eigenvalue weighted by molar-refractivity contribution is 6.33. The van der Waals surface area contributed by atoms with Gasteiger partial charge in [-0.2, -0.15) is 5.10 Å². The first-order valence-electron chi connectivity index (χ1n) is 6.03. The monoisotopic (exact) mass is 279 g/mol. The van der Waals surface area contributed by atoms with E-state index >= 15 is 0 Å². The van der Waals surface area contributed by atoms with E-state index < -0.39 is 5.92 Å². The Bertz CT molecular complexity index is 516. The van der Waals surface area contributed by atoms with Crippen molar-refractivity contribution in [2.75, 3.05) is 6.54 Å². The molecule has 2 amide bonds. The molecule has 0 saturated carbocycles. The van der Waals surface area contributed by atoms with Crippen molar-refractivity contribution in [1.82, 2.24) is 10.7 Å². The van der Waals surface area contributed by atoms with E-state index in [4.69, 9.17) is 11.6 Å². The predicted octanol–water partition coefficient (Wildman–Crippen LogP) is 1.32. The van der Waals surface area contributed by atoms with Crippen LogP contribution in [0.25, 0.3) is 0 Å². The molecule has 6 heteroatoms. The number of carbonyl (C=O) groups is 2. The number of amides is 2. The maximum absolute atomic E-state index is 11.8. The van der Waals surface area contributed by atoms with Crippen molar-refractivity contribution in [3.8, 4) is 0 Å². The molecular weight excluding hydrogens is 266 g/mol. The van der Waals surface area contributed by atoms with E-state index in [0.29, 0.717) is 23.6 Å². The molecule has 100 valence electrons. The molecule has 1 saturated heterocycles. The van der Waals surface area contributed by atoms with Crippen molar-refractivity contribution in [3.63, 3.8) is 0 Å². The van der Waals surface area contributed by atoms with Crippen molar-refractivity contribution < 1.29 is 9.59 Å². The van der Waals surface area contributed by atoms with E-state index in [0.717, 1.165) is 6.42 Å². The topological polar surface area (TPSA) is 70.6 Å². The fraction of sp³-hybridized carbons (Fsp3) is 0.308. The molecule has 1 atom stereocenters. The number of benzene rings is 1. The molecule has 1 unspecified atom stereocenters. The van der Waals surface area contributed by atoms with Crippen molar-refractivity contribution in [1.29, 1.82) is 0 Å². The Kier molecular flexibility index (Phi) is 4.52. The predicted molar refractivity (Wildman–Crippen MR) is 72.9 cm³/mol. The van der Waals surface area contributed by atoms with Gasteiger partial charge in [-0.25, -0.2) is 5.43 Å². The van der Waals surface area contributed by atoms with Crippen LogP contribution < -0.4 is 10.7 Å². The average Bonchev–Trinajstić information content (AvgIpc) is 2.41. The summed E-state index contributed by atoms with van der Waals surface area (Å²) < 4.78 is 0. The summed E-state index contributed by atoms with van der Waals surface area (Å²) in [6, 6.07) is 7.15. The lowest BCUT2D eigenvalue weighted by molar-refractivity contribution is -0.136. The second-order valence-electron chi connectivity index (χ2n) is 4.24. The summed E-state index contributed by atoms with van der Waals surface area (Å²) in [4.78, 5) is 23.2. The van der Waals surface area contributed by atoms with Gasteiger partial charge in [0.15, 0.2) is 0 Å². The first-order chi connectivity index (χ1) is 9.18. The second kappa shape index (κ2) is 6.33. The van der Waals surface area contributed by atoms with Gasteiger partial charge >= 0.3 is 0 Å². The molecule has 0 bridgehead atoms. The first-order valence-corrected chi connectivity index (χ1v) is 6.41. The van der Waals surface area contributed by atoms with E-state index in [9.17, 15) is 9.59 Å². The van der Waals surface area contributed by atoms with Crippen molar-refractivity contribution in [2.24, 2.45) is 11.0 Å². The molecule has 1 aromatic rings. The molecule has 0 aromatic heterocycles. The minimum Gasteiger partial charge on any atom is -0.355 e. The third kappa shape index (κ3) is 3.54. The van der Waals surface area contributed by atoms with Gasteiger partial charge in [0, 0.05) is 17.1 Å². The standard InChI is InChI=1S/C13H14ClN3O2/c14-11-6-2-1-4-9(11)8-16-17-13(19)10-5-3-7-15-12(10)18/h1-2,4,6,8,10H,3,5,7H2,(H,15,18)(H,17,19)/b16-8+. The number of piperidine rings is 1. The quantitative estimate of drug-likeness (QED) is 0.498. The number of hydrogen-bond acceptors (Lipinski definition) is 3. The zero-order valence-corrected chi connectivity index (χ0v) is 11.0. The Balaban J connectivity index is 1.93. The number of nitrogens with zero attached hydrogens (tertiary/aromatic N) is 1. The van der Waals surface area contributed by atoms with Crippen LogP contribution in [0.4, 0.5) is 0 Å². The average molecular weight is 280 g/mol. The number of hydrazone groups is 1. The molecule has 0 radical (unpaired) electrons. The number of halogens is 1. The van der Waals surface area contributed by atoms with Crippen LogP contribution >= 0.6 is 11.6 Å². The normalized spacial score (nSPS) is 19.2. The highest BCUT2D eigenvalue weighted by Crippen LogP contribution is 2.13. The van der Waals surface area contributed by atoms with Gasteiger partial charge in [-0.1, -0.05) is 29.8 Å². The van der Waals surface area contributed by atoms with Crippen LogP contribution in [0.5, 0.6) is 0 Å². The molecule has 2 N–H and O–H groups in total. The minimum absolute atomic E-state index is 0.239. The highest BCUT2D eigenvalue weighted by Gasteiger charge is 2.28. The maximum atomic E-state index is 11.8. The van der Waals surface area contributed by atoms with Gasteiger partial charge in [0.05, 0.1) is 6.21 Å². The SMILES string of the molecule is O=C1NCCCC1C(=O)N/N=C/c1ccccc1Cl. The van der Waals surface area contributed by atoms with Gasteiger partial charge in [0.1, 0.15) is 5.92 Å². The zero-order valence-electron chi connectivity index (χ0n) is 10.2. The lowest BCUT2D eigenvalue weighted by atomic mass is 9.98. The van der Waals surface area contributed by atoms with E-state index in [1.54, 1.807) is 12.1 Å². The molecule has 2 rings (SSSR count). The number of nitrogens with one attached hydrogen (secondary N) is 2. The molecule has 1 aromatic carbocycles. The molecule has 1 heterocycles. The Labute approximate surface area is 116 Å². The lowest BCUT2D eigenvalue weighted by Crippen LogP contribution is -2.43. The third-order valence-electron chi connectivity index (χ3n) is 2.89. The van der Waals surface area contributed by atoms with Crippen molar-refractivity contribution >= 4 is 29.6 Å². The first kappa shape index (κ1) is 13.5. The highest BCUT2D eigenvalue weighted by atomic mass is 35.5. The van der Waals surface area contributed by atoms with Gasteiger partial charge in [0.2, 0.25) is 5.91 Å². The smallest absolute Gasteiger partial charge is 0.252 e. The Morgan fingerprint density at radius 2 is 2.26 bits per heavy atom. The molecule has 5 nitrogen and oxygen atoms in total. The van der Waals surface area contributed by atoms with Crippen LogP contribution in [0.15, 0.2) is 29.4 Å². The van der Waals surface area contributed by atoms with E-state index in [2.05, 4.69) is 15.8 Å². The van der Waals surface area contributed by atoms with Crippen LogP contribution in [-0.2, 0) is 9.59 Å². The summed E-state index contributed by atoms with van der Waals surface area (Å²) in [5, 5.41) is 7.03. The van der Waals surface area contributed by atoms with Gasteiger partial charge in [-0.05, 0) is 18.9 Å². The Morgan fingerprint density at radius 3 is 3.00 bits per heavy atom. The van der Waals surface area contributed by atoms with Crippen molar-refractivity contribution in [3.05, 3.63) is 34.9 Å². The minimum atomic E-state index is -0.655. The summed E-state index contributed by atoms with van der Waals surface area (Å²) >= 11 is 5.94. The van der Waals surface area contributed by atoms with Crippen LogP contribution in [-0.4, -0.2) is 24.6 Å². The third-order valence-corrected chi connectivity index (χ3v) is 3.23. The molecule has 19 heavy (non-hydrogen) atoms. The van der Waals surface area contributed by atoms with Gasteiger partial charge < -0.3 is 5.32 Å². The molecule has 1 aliphatic heterocycles. The number of carbonyl (C=O) groups excluding carboxylic acids is 2. The fourth-order valence-electron chi connectivity index (χ4n) is 1.85. The summed E-state index contributed by atoms with van der Waals surface area (Å²) in [5.74, 6) is -1.28. The zero-order chi connectivity index (χ0) is 13.7.